The van der Waals surface area contributed by atoms with Crippen LogP contribution in [0.3, 0.4) is 0 Å². The Morgan fingerprint density at radius 2 is 2.29 bits per heavy atom. The zero-order valence-electron chi connectivity index (χ0n) is 9.83. The van der Waals surface area contributed by atoms with Gasteiger partial charge in [-0.05, 0) is 55.0 Å². The zero-order valence-corrected chi connectivity index (χ0v) is 9.83. The van der Waals surface area contributed by atoms with Gasteiger partial charge in [0, 0.05) is 6.08 Å². The number of carbonyl (C=O) groups is 1. The van der Waals surface area contributed by atoms with Crippen molar-refractivity contribution >= 4 is 11.5 Å². The highest BCUT2D eigenvalue weighted by Gasteiger charge is 2.15. The number of hydrogen-bond donors (Lipinski definition) is 0. The van der Waals surface area contributed by atoms with E-state index in [1.807, 2.05) is 0 Å². The minimum Gasteiger partial charge on any atom is -0.463 e. The van der Waals surface area contributed by atoms with Crippen LogP contribution in [0.2, 0.25) is 0 Å². The smallest absolute Gasteiger partial charge is 0.331 e. The van der Waals surface area contributed by atoms with Crippen molar-refractivity contribution in [2.24, 2.45) is 0 Å². The van der Waals surface area contributed by atoms with Crippen molar-refractivity contribution in [3.05, 3.63) is 41.2 Å². The number of aryl methyl sites for hydroxylation is 1. The quantitative estimate of drug-likeness (QED) is 0.580. The average Bonchev–Trinajstić information content (AvgIpc) is 2.29. The number of benzene rings is 1. The monoisotopic (exact) mass is 234 g/mol. The first-order valence-corrected chi connectivity index (χ1v) is 5.87. The minimum atomic E-state index is -0.320. The van der Waals surface area contributed by atoms with E-state index < -0.39 is 0 Å². The van der Waals surface area contributed by atoms with Crippen LogP contribution >= 0.6 is 0 Å². The van der Waals surface area contributed by atoms with Crippen LogP contribution in [0.1, 0.15) is 30.9 Å². The fraction of sp³-hybridized carbons (Fsp3) is 0.357. The predicted molar refractivity (Wildman–Crippen MR) is 63.9 cm³/mol. The summed E-state index contributed by atoms with van der Waals surface area (Å²) in [6.45, 7) is 2.15. The normalized spacial score (nSPS) is 16.7. The van der Waals surface area contributed by atoms with Crippen LogP contribution in [0.5, 0.6) is 0 Å². The summed E-state index contributed by atoms with van der Waals surface area (Å²) in [6.07, 6.45) is 4.19. The zero-order chi connectivity index (χ0) is 12.3. The number of allylic oxidation sites excluding steroid dienone is 1. The van der Waals surface area contributed by atoms with Crippen molar-refractivity contribution in [3.63, 3.8) is 0 Å². The van der Waals surface area contributed by atoms with Gasteiger partial charge in [-0.1, -0.05) is 6.07 Å². The Bertz CT molecular complexity index is 463. The first kappa shape index (κ1) is 11.8. The molecular weight excluding hydrogens is 219 g/mol. The fourth-order valence-corrected chi connectivity index (χ4v) is 2.16. The van der Waals surface area contributed by atoms with E-state index >= 15 is 0 Å². The number of fused-ring (bicyclic) bond motifs is 1. The molecule has 0 spiro atoms. The van der Waals surface area contributed by atoms with E-state index in [-0.39, 0.29) is 11.8 Å². The van der Waals surface area contributed by atoms with Crippen molar-refractivity contribution in [3.8, 4) is 0 Å². The largest absolute Gasteiger partial charge is 0.463 e. The third-order valence-electron chi connectivity index (χ3n) is 2.88. The molecule has 0 radical (unpaired) electrons. The van der Waals surface area contributed by atoms with Gasteiger partial charge in [-0.2, -0.15) is 0 Å². The Morgan fingerprint density at radius 3 is 3.06 bits per heavy atom. The van der Waals surface area contributed by atoms with Gasteiger partial charge in [-0.15, -0.1) is 0 Å². The lowest BCUT2D eigenvalue weighted by Crippen LogP contribution is -2.06. The van der Waals surface area contributed by atoms with Gasteiger partial charge in [0.25, 0.3) is 0 Å². The van der Waals surface area contributed by atoms with Crippen molar-refractivity contribution < 1.29 is 13.9 Å². The van der Waals surface area contributed by atoms with Crippen LogP contribution in [0.4, 0.5) is 4.39 Å². The van der Waals surface area contributed by atoms with E-state index in [1.54, 1.807) is 19.1 Å². The van der Waals surface area contributed by atoms with Crippen LogP contribution < -0.4 is 0 Å². The molecule has 0 aliphatic heterocycles. The van der Waals surface area contributed by atoms with Gasteiger partial charge in [-0.25, -0.2) is 9.18 Å². The summed E-state index contributed by atoms with van der Waals surface area (Å²) >= 11 is 0. The van der Waals surface area contributed by atoms with E-state index in [0.717, 1.165) is 36.0 Å². The summed E-state index contributed by atoms with van der Waals surface area (Å²) in [5.41, 5.74) is 2.90. The highest BCUT2D eigenvalue weighted by atomic mass is 19.1. The predicted octanol–water partition coefficient (Wildman–Crippen LogP) is 3.11. The van der Waals surface area contributed by atoms with E-state index in [9.17, 15) is 9.18 Å². The lowest BCUT2D eigenvalue weighted by molar-refractivity contribution is -0.137. The highest BCUT2D eigenvalue weighted by Crippen LogP contribution is 2.31. The molecule has 0 bridgehead atoms. The van der Waals surface area contributed by atoms with Crippen molar-refractivity contribution in [1.82, 2.24) is 0 Å². The molecule has 0 atom stereocenters. The molecule has 0 aromatic heterocycles. The molecule has 1 aliphatic rings. The average molecular weight is 234 g/mol. The first-order valence-electron chi connectivity index (χ1n) is 5.87. The Morgan fingerprint density at radius 1 is 1.47 bits per heavy atom. The molecule has 2 nitrogen and oxygen atoms in total. The molecule has 0 saturated heterocycles. The van der Waals surface area contributed by atoms with Gasteiger partial charge in [-0.3, -0.25) is 0 Å². The third kappa shape index (κ3) is 2.73. The third-order valence-corrected chi connectivity index (χ3v) is 2.88. The van der Waals surface area contributed by atoms with Crippen LogP contribution in [0, 0.1) is 5.82 Å². The van der Waals surface area contributed by atoms with Gasteiger partial charge >= 0.3 is 5.97 Å². The lowest BCUT2D eigenvalue weighted by Gasteiger charge is -2.18. The molecule has 1 aliphatic carbocycles. The van der Waals surface area contributed by atoms with Crippen LogP contribution in [-0.4, -0.2) is 12.6 Å². The standard InChI is InChI=1S/C14H15FO2/c1-2-17-14(16)9-11-5-3-4-10-8-12(15)6-7-13(10)11/h6-9H,2-5H2,1H3. The number of esters is 1. The van der Waals surface area contributed by atoms with Gasteiger partial charge in [0.2, 0.25) is 0 Å². The molecule has 0 heterocycles. The highest BCUT2D eigenvalue weighted by molar-refractivity contribution is 5.92. The number of carbonyl (C=O) groups excluding carboxylic acids is 1. The summed E-state index contributed by atoms with van der Waals surface area (Å²) in [5, 5.41) is 0. The Balaban J connectivity index is 2.31. The topological polar surface area (TPSA) is 26.3 Å². The molecular formula is C14H15FO2. The van der Waals surface area contributed by atoms with Crippen molar-refractivity contribution in [2.75, 3.05) is 6.61 Å². The molecule has 90 valence electrons. The number of rotatable bonds is 2. The maximum atomic E-state index is 13.1. The van der Waals surface area contributed by atoms with Gasteiger partial charge in [0.1, 0.15) is 5.82 Å². The minimum absolute atomic E-state index is 0.221. The summed E-state index contributed by atoms with van der Waals surface area (Å²) in [5.74, 6) is -0.541. The first-order chi connectivity index (χ1) is 8.20. The number of ether oxygens (including phenoxy) is 1. The summed E-state index contributed by atoms with van der Waals surface area (Å²) in [7, 11) is 0. The van der Waals surface area contributed by atoms with Crippen LogP contribution in [-0.2, 0) is 16.0 Å². The molecule has 17 heavy (non-hydrogen) atoms. The van der Waals surface area contributed by atoms with Gasteiger partial charge < -0.3 is 4.74 Å². The SMILES string of the molecule is CCOC(=O)C=C1CCCc2cc(F)ccc21. The molecule has 3 heteroatoms. The van der Waals surface area contributed by atoms with Gasteiger partial charge in [0.05, 0.1) is 6.61 Å². The second-order valence-electron chi connectivity index (χ2n) is 4.08. The molecule has 1 aromatic carbocycles. The second-order valence-corrected chi connectivity index (χ2v) is 4.08. The maximum absolute atomic E-state index is 13.1. The van der Waals surface area contributed by atoms with Crippen LogP contribution in [0.15, 0.2) is 24.3 Å². The molecule has 0 fully saturated rings. The molecule has 0 saturated carbocycles. The Kier molecular flexibility index (Phi) is 3.57. The fourth-order valence-electron chi connectivity index (χ4n) is 2.16. The number of hydrogen-bond acceptors (Lipinski definition) is 2. The summed E-state index contributed by atoms with van der Waals surface area (Å²) in [6, 6.07) is 4.73. The maximum Gasteiger partial charge on any atom is 0.331 e. The lowest BCUT2D eigenvalue weighted by atomic mass is 9.87. The van der Waals surface area contributed by atoms with Crippen LogP contribution in [0.25, 0.3) is 5.57 Å². The Hall–Kier alpha value is -1.64. The Labute approximate surface area is 100 Å². The molecule has 0 N–H and O–H groups in total. The van der Waals surface area contributed by atoms with E-state index in [4.69, 9.17) is 4.74 Å². The number of halogens is 1. The van der Waals surface area contributed by atoms with Crippen molar-refractivity contribution in [2.45, 2.75) is 26.2 Å². The summed E-state index contributed by atoms with van der Waals surface area (Å²) < 4.78 is 18.0. The van der Waals surface area contributed by atoms with Crippen molar-refractivity contribution in [1.29, 1.82) is 0 Å². The molecule has 0 unspecified atom stereocenters. The van der Waals surface area contributed by atoms with E-state index in [1.165, 1.54) is 12.1 Å². The summed E-state index contributed by atoms with van der Waals surface area (Å²) in [4.78, 5) is 11.4. The van der Waals surface area contributed by atoms with E-state index in [2.05, 4.69) is 0 Å². The second kappa shape index (κ2) is 5.13. The molecule has 2 rings (SSSR count). The van der Waals surface area contributed by atoms with Gasteiger partial charge in [0.15, 0.2) is 0 Å². The molecule has 1 aromatic rings. The molecule has 0 amide bonds. The van der Waals surface area contributed by atoms with E-state index in [0.29, 0.717) is 6.61 Å².